The average Bonchev–Trinajstić information content (AvgIpc) is 2.24. The van der Waals surface area contributed by atoms with Crippen LogP contribution >= 0.6 is 11.8 Å². The van der Waals surface area contributed by atoms with Crippen LogP contribution in [0.15, 0.2) is 35.2 Å². The van der Waals surface area contributed by atoms with Crippen LogP contribution in [0.3, 0.4) is 0 Å². The molecule has 84 valence electrons. The molecule has 0 aliphatic carbocycles. The summed E-state index contributed by atoms with van der Waals surface area (Å²) >= 11 is 1.92. The largest absolute Gasteiger partial charge is 0.379 e. The first-order valence-electron chi connectivity index (χ1n) is 5.58. The van der Waals surface area contributed by atoms with Crippen LogP contribution in [0.2, 0.25) is 0 Å². The minimum Gasteiger partial charge on any atom is -0.379 e. The summed E-state index contributed by atoms with van der Waals surface area (Å²) in [4.78, 5) is 1.36. The molecule has 1 aromatic carbocycles. The highest BCUT2D eigenvalue weighted by Crippen LogP contribution is 2.18. The van der Waals surface area contributed by atoms with E-state index >= 15 is 0 Å². The van der Waals surface area contributed by atoms with Crippen LogP contribution in [0.4, 0.5) is 0 Å². The second kappa shape index (κ2) is 7.77. The average molecular weight is 224 g/mol. The van der Waals surface area contributed by atoms with Crippen LogP contribution < -0.4 is 0 Å². The summed E-state index contributed by atoms with van der Waals surface area (Å²) in [6.07, 6.45) is 2.76. The molecule has 0 N–H and O–H groups in total. The Morgan fingerprint density at radius 3 is 2.53 bits per heavy atom. The molecule has 2 heteroatoms. The Morgan fingerprint density at radius 2 is 1.87 bits per heavy atom. The number of ether oxygens (including phenoxy) is 1. The lowest BCUT2D eigenvalue weighted by molar-refractivity contribution is 0.0768. The Morgan fingerprint density at radius 1 is 1.13 bits per heavy atom. The molecule has 1 nitrogen and oxygen atoms in total. The summed E-state index contributed by atoms with van der Waals surface area (Å²) in [5.74, 6) is 1.19. The van der Waals surface area contributed by atoms with Crippen molar-refractivity contribution in [2.75, 3.05) is 12.4 Å². The first-order chi connectivity index (χ1) is 7.29. The third-order valence-corrected chi connectivity index (χ3v) is 3.10. The van der Waals surface area contributed by atoms with Gasteiger partial charge in [-0.15, -0.1) is 11.8 Å². The summed E-state index contributed by atoms with van der Waals surface area (Å²) in [5, 5.41) is 0. The molecule has 0 radical (unpaired) electrons. The van der Waals surface area contributed by atoms with Crippen LogP contribution in [0.1, 0.15) is 26.7 Å². The maximum atomic E-state index is 5.48. The third-order valence-electron chi connectivity index (χ3n) is 2.00. The van der Waals surface area contributed by atoms with Gasteiger partial charge in [-0.3, -0.25) is 0 Å². The highest BCUT2D eigenvalue weighted by Gasteiger charge is 1.95. The van der Waals surface area contributed by atoms with Crippen molar-refractivity contribution in [1.82, 2.24) is 0 Å². The van der Waals surface area contributed by atoms with Gasteiger partial charge in [-0.05, 0) is 44.6 Å². The maximum absolute atomic E-state index is 5.48. The van der Waals surface area contributed by atoms with Gasteiger partial charge >= 0.3 is 0 Å². The quantitative estimate of drug-likeness (QED) is 0.511. The summed E-state index contributed by atoms with van der Waals surface area (Å²) in [6, 6.07) is 10.6. The van der Waals surface area contributed by atoms with Crippen molar-refractivity contribution in [3.05, 3.63) is 30.3 Å². The summed E-state index contributed by atoms with van der Waals surface area (Å²) in [7, 11) is 0. The molecule has 0 saturated heterocycles. The molecular weight excluding hydrogens is 204 g/mol. The van der Waals surface area contributed by atoms with Gasteiger partial charge in [-0.1, -0.05) is 18.2 Å². The number of rotatable bonds is 7. The lowest BCUT2D eigenvalue weighted by Gasteiger charge is -2.06. The van der Waals surface area contributed by atoms with Crippen LogP contribution in [0.25, 0.3) is 0 Å². The Kier molecular flexibility index (Phi) is 6.53. The van der Waals surface area contributed by atoms with Gasteiger partial charge < -0.3 is 4.74 Å². The molecule has 0 atom stereocenters. The molecular formula is C13H20OS. The molecule has 0 saturated carbocycles. The fourth-order valence-electron chi connectivity index (χ4n) is 1.23. The number of thioether (sulfide) groups is 1. The highest BCUT2D eigenvalue weighted by atomic mass is 32.2. The molecule has 0 bridgehead atoms. The van der Waals surface area contributed by atoms with Crippen LogP contribution in [0.5, 0.6) is 0 Å². The Labute approximate surface area is 97.2 Å². The Hall–Kier alpha value is -0.470. The van der Waals surface area contributed by atoms with Crippen molar-refractivity contribution in [3.8, 4) is 0 Å². The van der Waals surface area contributed by atoms with Gasteiger partial charge in [0.05, 0.1) is 6.10 Å². The zero-order chi connectivity index (χ0) is 10.9. The topological polar surface area (TPSA) is 9.23 Å². The van der Waals surface area contributed by atoms with E-state index in [9.17, 15) is 0 Å². The lowest BCUT2D eigenvalue weighted by Crippen LogP contribution is -2.03. The normalized spacial score (nSPS) is 10.9. The van der Waals surface area contributed by atoms with Gasteiger partial charge in [0.25, 0.3) is 0 Å². The standard InChI is InChI=1S/C13H20OS/c1-12(2)14-10-6-7-11-15-13-8-4-3-5-9-13/h3-5,8-9,12H,6-7,10-11H2,1-2H3. The van der Waals surface area contributed by atoms with E-state index in [1.807, 2.05) is 11.8 Å². The summed E-state index contributed by atoms with van der Waals surface area (Å²) in [5.41, 5.74) is 0. The van der Waals surface area contributed by atoms with Gasteiger partial charge in [-0.25, -0.2) is 0 Å². The number of hydrogen-bond acceptors (Lipinski definition) is 2. The predicted molar refractivity (Wildman–Crippen MR) is 67.5 cm³/mol. The minimum atomic E-state index is 0.367. The second-order valence-electron chi connectivity index (χ2n) is 3.79. The van der Waals surface area contributed by atoms with Crippen molar-refractivity contribution in [3.63, 3.8) is 0 Å². The number of unbranched alkanes of at least 4 members (excludes halogenated alkanes) is 1. The smallest absolute Gasteiger partial charge is 0.0518 e. The highest BCUT2D eigenvalue weighted by molar-refractivity contribution is 7.99. The second-order valence-corrected chi connectivity index (χ2v) is 4.96. The van der Waals surface area contributed by atoms with E-state index < -0.39 is 0 Å². The maximum Gasteiger partial charge on any atom is 0.0518 e. The van der Waals surface area contributed by atoms with Gasteiger partial charge in [0, 0.05) is 11.5 Å². The van der Waals surface area contributed by atoms with Crippen molar-refractivity contribution in [2.24, 2.45) is 0 Å². The monoisotopic (exact) mass is 224 g/mol. The Bertz CT molecular complexity index is 246. The van der Waals surface area contributed by atoms with E-state index in [-0.39, 0.29) is 0 Å². The first-order valence-corrected chi connectivity index (χ1v) is 6.57. The van der Waals surface area contributed by atoms with Crippen LogP contribution in [-0.4, -0.2) is 18.5 Å². The molecule has 0 aliphatic rings. The molecule has 0 fully saturated rings. The molecule has 0 heterocycles. The molecule has 0 aliphatic heterocycles. The van der Waals surface area contributed by atoms with Crippen molar-refractivity contribution < 1.29 is 4.74 Å². The third kappa shape index (κ3) is 6.58. The van der Waals surface area contributed by atoms with Gasteiger partial charge in [-0.2, -0.15) is 0 Å². The molecule has 0 spiro atoms. The molecule has 15 heavy (non-hydrogen) atoms. The zero-order valence-electron chi connectivity index (χ0n) is 9.61. The fraction of sp³-hybridized carbons (Fsp3) is 0.538. The molecule has 0 unspecified atom stereocenters. The van der Waals surface area contributed by atoms with Crippen LogP contribution in [-0.2, 0) is 4.74 Å². The van der Waals surface area contributed by atoms with Crippen molar-refractivity contribution in [2.45, 2.75) is 37.7 Å². The van der Waals surface area contributed by atoms with Gasteiger partial charge in [0.2, 0.25) is 0 Å². The Balaban J connectivity index is 1.98. The van der Waals surface area contributed by atoms with Gasteiger partial charge in [0.1, 0.15) is 0 Å². The molecule has 1 aromatic rings. The molecule has 0 aromatic heterocycles. The predicted octanol–water partition coefficient (Wildman–Crippen LogP) is 3.98. The first kappa shape index (κ1) is 12.6. The molecule has 1 rings (SSSR count). The molecule has 0 amide bonds. The van der Waals surface area contributed by atoms with E-state index in [0.29, 0.717) is 6.10 Å². The van der Waals surface area contributed by atoms with E-state index in [1.54, 1.807) is 0 Å². The van der Waals surface area contributed by atoms with E-state index in [1.165, 1.54) is 17.1 Å². The summed E-state index contributed by atoms with van der Waals surface area (Å²) < 4.78 is 5.48. The van der Waals surface area contributed by atoms with E-state index in [4.69, 9.17) is 4.74 Å². The number of benzene rings is 1. The number of hydrogen-bond donors (Lipinski definition) is 0. The SMILES string of the molecule is CC(C)OCCCCSc1ccccc1. The minimum absolute atomic E-state index is 0.367. The van der Waals surface area contributed by atoms with Crippen molar-refractivity contribution >= 4 is 11.8 Å². The zero-order valence-corrected chi connectivity index (χ0v) is 10.4. The van der Waals surface area contributed by atoms with Crippen LogP contribution in [0, 0.1) is 0 Å². The van der Waals surface area contributed by atoms with Crippen molar-refractivity contribution in [1.29, 1.82) is 0 Å². The fourth-order valence-corrected chi connectivity index (χ4v) is 2.16. The van der Waals surface area contributed by atoms with E-state index in [2.05, 4.69) is 44.2 Å². The lowest BCUT2D eigenvalue weighted by atomic mass is 10.3. The van der Waals surface area contributed by atoms with Gasteiger partial charge in [0.15, 0.2) is 0 Å². The summed E-state index contributed by atoms with van der Waals surface area (Å²) in [6.45, 7) is 5.06. The van der Waals surface area contributed by atoms with E-state index in [0.717, 1.165) is 13.0 Å².